The number of allylic oxidation sites excluding steroid dienone is 4. The maximum Gasteiger partial charge on any atom is 0.0237 e. The highest BCUT2D eigenvalue weighted by atomic mass is 14.5. The molecule has 0 saturated carbocycles. The van der Waals surface area contributed by atoms with E-state index in [1.54, 1.807) is 0 Å². The molecule has 1 aromatic rings. The summed E-state index contributed by atoms with van der Waals surface area (Å²) in [5.41, 5.74) is 8.13. The van der Waals surface area contributed by atoms with Gasteiger partial charge in [0, 0.05) is 12.5 Å². The van der Waals surface area contributed by atoms with Crippen LogP contribution in [0, 0.1) is 5.92 Å². The molecule has 2 rings (SSSR count). The minimum Gasteiger partial charge on any atom is -0.326 e. The van der Waals surface area contributed by atoms with Gasteiger partial charge in [-0.05, 0) is 17.5 Å². The summed E-state index contributed by atoms with van der Waals surface area (Å²) in [5.74, 6) is 1.36. The van der Waals surface area contributed by atoms with Crippen molar-refractivity contribution >= 4 is 0 Å². The second-order valence-corrected chi connectivity index (χ2v) is 3.49. The maximum atomic E-state index is 5.59. The SMILES string of the molecule is NCc1cccc(C[C]2C=CC=C2)c1. The maximum absolute atomic E-state index is 5.59. The molecule has 1 radical (unpaired) electrons. The predicted octanol–water partition coefficient (Wildman–Crippen LogP) is 2.39. The lowest BCUT2D eigenvalue weighted by molar-refractivity contribution is 1.04. The summed E-state index contributed by atoms with van der Waals surface area (Å²) in [6.07, 6.45) is 9.44. The lowest BCUT2D eigenvalue weighted by atomic mass is 9.99. The second-order valence-electron chi connectivity index (χ2n) is 3.49. The van der Waals surface area contributed by atoms with Crippen LogP contribution >= 0.6 is 0 Å². The van der Waals surface area contributed by atoms with Crippen molar-refractivity contribution in [2.45, 2.75) is 13.0 Å². The van der Waals surface area contributed by atoms with Crippen LogP contribution in [0.4, 0.5) is 0 Å². The molecule has 0 amide bonds. The van der Waals surface area contributed by atoms with Crippen LogP contribution in [0.1, 0.15) is 11.1 Å². The highest BCUT2D eigenvalue weighted by molar-refractivity contribution is 5.38. The molecular formula is C13H14N. The van der Waals surface area contributed by atoms with E-state index in [0.717, 1.165) is 6.42 Å². The van der Waals surface area contributed by atoms with Gasteiger partial charge in [-0.1, -0.05) is 48.6 Å². The highest BCUT2D eigenvalue weighted by Gasteiger charge is 2.05. The Morgan fingerprint density at radius 2 is 1.71 bits per heavy atom. The van der Waals surface area contributed by atoms with Crippen molar-refractivity contribution in [1.29, 1.82) is 0 Å². The summed E-state index contributed by atoms with van der Waals surface area (Å²) in [7, 11) is 0. The van der Waals surface area contributed by atoms with Gasteiger partial charge >= 0.3 is 0 Å². The number of rotatable bonds is 3. The average molecular weight is 184 g/mol. The van der Waals surface area contributed by atoms with Crippen LogP contribution in [0.3, 0.4) is 0 Å². The molecule has 0 saturated heterocycles. The van der Waals surface area contributed by atoms with Gasteiger partial charge < -0.3 is 5.73 Å². The molecule has 1 aliphatic rings. The number of hydrogen-bond acceptors (Lipinski definition) is 1. The summed E-state index contributed by atoms with van der Waals surface area (Å²) in [6.45, 7) is 0.620. The zero-order valence-electron chi connectivity index (χ0n) is 8.11. The van der Waals surface area contributed by atoms with Crippen molar-refractivity contribution in [1.82, 2.24) is 0 Å². The summed E-state index contributed by atoms with van der Waals surface area (Å²) in [4.78, 5) is 0. The molecule has 0 fully saturated rings. The molecule has 1 aliphatic carbocycles. The van der Waals surface area contributed by atoms with Gasteiger partial charge in [-0.2, -0.15) is 0 Å². The number of hydrogen-bond donors (Lipinski definition) is 1. The first-order valence-electron chi connectivity index (χ1n) is 4.87. The smallest absolute Gasteiger partial charge is 0.0237 e. The van der Waals surface area contributed by atoms with Crippen LogP contribution in [0.2, 0.25) is 0 Å². The quantitative estimate of drug-likeness (QED) is 0.767. The van der Waals surface area contributed by atoms with E-state index in [1.807, 2.05) is 0 Å². The Morgan fingerprint density at radius 3 is 2.43 bits per heavy atom. The molecule has 0 spiro atoms. The van der Waals surface area contributed by atoms with Crippen molar-refractivity contribution in [3.05, 3.63) is 65.6 Å². The zero-order chi connectivity index (χ0) is 9.80. The van der Waals surface area contributed by atoms with E-state index in [0.29, 0.717) is 6.54 Å². The van der Waals surface area contributed by atoms with Crippen molar-refractivity contribution < 1.29 is 0 Å². The Balaban J connectivity index is 2.08. The molecule has 0 aromatic heterocycles. The Hall–Kier alpha value is -1.34. The fourth-order valence-corrected chi connectivity index (χ4v) is 1.63. The van der Waals surface area contributed by atoms with Gasteiger partial charge in [0.2, 0.25) is 0 Å². The van der Waals surface area contributed by atoms with Crippen LogP contribution in [0.25, 0.3) is 0 Å². The Kier molecular flexibility index (Phi) is 2.80. The van der Waals surface area contributed by atoms with Crippen molar-refractivity contribution in [2.24, 2.45) is 5.73 Å². The third-order valence-corrected chi connectivity index (χ3v) is 2.37. The summed E-state index contributed by atoms with van der Waals surface area (Å²) < 4.78 is 0. The van der Waals surface area contributed by atoms with Gasteiger partial charge in [-0.25, -0.2) is 0 Å². The van der Waals surface area contributed by atoms with E-state index in [4.69, 9.17) is 5.73 Å². The molecule has 0 heterocycles. The first kappa shape index (κ1) is 9.22. The predicted molar refractivity (Wildman–Crippen MR) is 59.6 cm³/mol. The van der Waals surface area contributed by atoms with Gasteiger partial charge in [0.25, 0.3) is 0 Å². The Labute approximate surface area is 84.9 Å². The van der Waals surface area contributed by atoms with Gasteiger partial charge in [-0.15, -0.1) is 0 Å². The molecule has 1 heteroatoms. The molecule has 1 aromatic carbocycles. The van der Waals surface area contributed by atoms with Crippen LogP contribution in [0.15, 0.2) is 48.6 Å². The summed E-state index contributed by atoms with van der Waals surface area (Å²) in [6, 6.07) is 8.45. The molecule has 0 atom stereocenters. The van der Waals surface area contributed by atoms with E-state index >= 15 is 0 Å². The van der Waals surface area contributed by atoms with Crippen molar-refractivity contribution in [2.75, 3.05) is 0 Å². The molecule has 1 nitrogen and oxygen atoms in total. The van der Waals surface area contributed by atoms with Gasteiger partial charge in [0.1, 0.15) is 0 Å². The highest BCUT2D eigenvalue weighted by Crippen LogP contribution is 2.18. The standard InChI is InChI=1S/C13H14N/c14-10-13-7-3-6-12(9-13)8-11-4-1-2-5-11/h1-7,9H,8,10,14H2. The summed E-state index contributed by atoms with van der Waals surface area (Å²) >= 11 is 0. The fourth-order valence-electron chi connectivity index (χ4n) is 1.63. The van der Waals surface area contributed by atoms with Gasteiger partial charge in [-0.3, -0.25) is 0 Å². The van der Waals surface area contributed by atoms with Crippen LogP contribution in [0.5, 0.6) is 0 Å². The minimum atomic E-state index is 0.620. The average Bonchev–Trinajstić information content (AvgIpc) is 2.71. The normalized spacial score (nSPS) is 15.2. The monoisotopic (exact) mass is 184 g/mol. The van der Waals surface area contributed by atoms with E-state index in [-0.39, 0.29) is 0 Å². The van der Waals surface area contributed by atoms with Gasteiger partial charge in [0.15, 0.2) is 0 Å². The lowest BCUT2D eigenvalue weighted by Crippen LogP contribution is -1.99. The molecule has 2 N–H and O–H groups in total. The molecule has 71 valence electrons. The third-order valence-electron chi connectivity index (χ3n) is 2.37. The third kappa shape index (κ3) is 2.12. The Morgan fingerprint density at radius 1 is 1.00 bits per heavy atom. The number of benzene rings is 1. The van der Waals surface area contributed by atoms with Gasteiger partial charge in [0.05, 0.1) is 0 Å². The first-order valence-corrected chi connectivity index (χ1v) is 4.87. The molecule has 14 heavy (non-hydrogen) atoms. The van der Waals surface area contributed by atoms with E-state index in [2.05, 4.69) is 48.6 Å². The molecular weight excluding hydrogens is 170 g/mol. The first-order chi connectivity index (χ1) is 6.88. The Bertz CT molecular complexity index is 351. The van der Waals surface area contributed by atoms with Crippen molar-refractivity contribution in [3.63, 3.8) is 0 Å². The molecule has 0 unspecified atom stereocenters. The lowest BCUT2D eigenvalue weighted by Gasteiger charge is -2.06. The molecule has 0 aliphatic heterocycles. The second kappa shape index (κ2) is 4.25. The van der Waals surface area contributed by atoms with Crippen LogP contribution in [-0.4, -0.2) is 0 Å². The topological polar surface area (TPSA) is 26.0 Å². The number of nitrogens with two attached hydrogens (primary N) is 1. The van der Waals surface area contributed by atoms with Crippen LogP contribution < -0.4 is 5.73 Å². The van der Waals surface area contributed by atoms with Crippen molar-refractivity contribution in [3.8, 4) is 0 Å². The van der Waals surface area contributed by atoms with Crippen LogP contribution in [-0.2, 0) is 13.0 Å². The zero-order valence-corrected chi connectivity index (χ0v) is 8.11. The minimum absolute atomic E-state index is 0.620. The van der Waals surface area contributed by atoms with E-state index in [9.17, 15) is 0 Å². The van der Waals surface area contributed by atoms with E-state index < -0.39 is 0 Å². The molecule has 0 bridgehead atoms. The summed E-state index contributed by atoms with van der Waals surface area (Å²) in [5, 5.41) is 0. The van der Waals surface area contributed by atoms with E-state index in [1.165, 1.54) is 17.0 Å². The fraction of sp³-hybridized carbons (Fsp3) is 0.154. The largest absolute Gasteiger partial charge is 0.326 e.